The van der Waals surface area contributed by atoms with Crippen molar-refractivity contribution in [3.63, 3.8) is 0 Å². The van der Waals surface area contributed by atoms with Crippen LogP contribution in [0.1, 0.15) is 118 Å². The van der Waals surface area contributed by atoms with Crippen LogP contribution in [0.15, 0.2) is 176 Å². The van der Waals surface area contributed by atoms with Crippen molar-refractivity contribution in [2.24, 2.45) is 0 Å². The number of nitrogens with zero attached hydrogens (tertiary/aromatic N) is 10. The fraction of sp³-hybridized carbons (Fsp3) is 0.257. The average molecular weight is 1240 g/mol. The molecule has 0 saturated heterocycles. The zero-order chi connectivity index (χ0) is 65.5. The second-order valence-electron chi connectivity index (χ2n) is 25.6. The molecule has 0 aliphatic carbocycles. The summed E-state index contributed by atoms with van der Waals surface area (Å²) < 4.78 is 67.1. The number of benzene rings is 6. The molecule has 6 heterocycles. The van der Waals surface area contributed by atoms with Crippen LogP contribution in [0.4, 0.5) is 17.6 Å². The van der Waals surface area contributed by atoms with Crippen molar-refractivity contribution >= 4 is 55.2 Å². The number of aromatic nitrogens is 10. The van der Waals surface area contributed by atoms with E-state index in [2.05, 4.69) is 30.1 Å². The van der Waals surface area contributed by atoms with Gasteiger partial charge in [0.25, 0.3) is 22.2 Å². The molecule has 15 nitrogen and oxygen atoms in total. The number of hydrogen-bond acceptors (Lipinski definition) is 11. The number of hydrogen-bond donors (Lipinski definition) is 0. The van der Waals surface area contributed by atoms with Gasteiger partial charge in [-0.15, -0.1) is 0 Å². The van der Waals surface area contributed by atoms with Gasteiger partial charge in [-0.1, -0.05) is 160 Å². The summed E-state index contributed by atoms with van der Waals surface area (Å²) in [5, 5.41) is 4.96. The maximum absolute atomic E-state index is 14.4. The lowest BCUT2D eigenvalue weighted by atomic mass is 9.94. The van der Waals surface area contributed by atoms with Gasteiger partial charge in [-0.05, 0) is 98.3 Å². The largest absolute Gasteiger partial charge is 0.363 e. The quantitative estimate of drug-likeness (QED) is 0.153. The highest BCUT2D eigenvalue weighted by atomic mass is 35.5. The smallest absolute Gasteiger partial charge is 0.270 e. The SMILES string of the molecule is CC(C)(C)c1nc2cccc(Cl)c2c(=O)n1-c1ccccn1.CC(C)(C)c1nc2cccc(F)c2c(=O)n1-c1ccon1.Cc1ccc(-n2c(C(C)(C)C)nc3cccc(F)c3c2=O)cc1.Cc1cccc2nc(C(C)(C)C)n(-c3c(F)cccc3F)c(=O)c12. The van der Waals surface area contributed by atoms with Crippen LogP contribution in [0.25, 0.3) is 66.6 Å². The van der Waals surface area contributed by atoms with Crippen molar-refractivity contribution in [1.82, 2.24) is 48.3 Å². The Morgan fingerprint density at radius 2 is 0.800 bits per heavy atom. The molecule has 0 radical (unpaired) electrons. The van der Waals surface area contributed by atoms with Crippen molar-refractivity contribution < 1.29 is 22.1 Å². The highest BCUT2D eigenvalue weighted by molar-refractivity contribution is 6.35. The van der Waals surface area contributed by atoms with E-state index in [9.17, 15) is 36.7 Å². The van der Waals surface area contributed by atoms with Gasteiger partial charge >= 0.3 is 0 Å². The van der Waals surface area contributed by atoms with E-state index in [-0.39, 0.29) is 38.4 Å². The third-order valence-electron chi connectivity index (χ3n) is 14.3. The summed E-state index contributed by atoms with van der Waals surface area (Å²) in [6, 6.07) is 37.7. The summed E-state index contributed by atoms with van der Waals surface area (Å²) in [7, 11) is 0. The standard InChI is InChI=1S/C19H18F2N2O.C19H19FN2O.C17H16ClN3O.C15H14FN3O2/c1-11-7-5-10-14-15(11)17(24)23(18(22-14)19(2,3)4)16-12(20)8-6-9-13(16)21;1-12-8-10-13(11-9-12)22-17(23)16-14(20)6-5-7-15(16)21-18(22)19(2,3)4;1-17(2,3)16-20-12-8-6-7-11(18)14(12)15(22)21(16)13-9-4-5-10-19-13;1-15(2,3)14-17-10-6-4-5-9(16)12(10)13(20)19(14)11-7-8-21-18-11/h5-10H,1-4H3;5-11H,1-4H3;4-10H,1-3H3;4-8H,1-3H3. The maximum atomic E-state index is 14.4. The van der Waals surface area contributed by atoms with Gasteiger partial charge in [-0.25, -0.2) is 51.6 Å². The Morgan fingerprint density at radius 1 is 0.400 bits per heavy atom. The van der Waals surface area contributed by atoms with E-state index < -0.39 is 45.2 Å². The summed E-state index contributed by atoms with van der Waals surface area (Å²) >= 11 is 6.21. The van der Waals surface area contributed by atoms with Crippen LogP contribution in [0.2, 0.25) is 5.02 Å². The molecule has 90 heavy (non-hydrogen) atoms. The zero-order valence-corrected chi connectivity index (χ0v) is 53.1. The fourth-order valence-corrected chi connectivity index (χ4v) is 10.3. The van der Waals surface area contributed by atoms with Crippen molar-refractivity contribution in [3.8, 4) is 23.0 Å². The molecule has 6 aromatic carbocycles. The van der Waals surface area contributed by atoms with Gasteiger partial charge < -0.3 is 4.52 Å². The molecule has 462 valence electrons. The summed E-state index contributed by atoms with van der Waals surface area (Å²) in [5.74, 6) is 0.206. The number of fused-ring (bicyclic) bond motifs is 4. The highest BCUT2D eigenvalue weighted by Gasteiger charge is 2.30. The molecule has 6 aromatic heterocycles. The first-order valence-electron chi connectivity index (χ1n) is 28.8. The minimum absolute atomic E-state index is 0.0288. The van der Waals surface area contributed by atoms with Gasteiger partial charge in [-0.3, -0.25) is 28.3 Å². The number of pyridine rings is 1. The van der Waals surface area contributed by atoms with E-state index in [4.69, 9.17) is 16.1 Å². The molecule has 0 saturated carbocycles. The Bertz CT molecular complexity index is 4920. The first-order chi connectivity index (χ1) is 42.3. The van der Waals surface area contributed by atoms with Gasteiger partial charge in [0, 0.05) is 33.9 Å². The van der Waals surface area contributed by atoms with Crippen LogP contribution in [0.5, 0.6) is 0 Å². The van der Waals surface area contributed by atoms with Gasteiger partial charge in [0.15, 0.2) is 5.82 Å². The molecule has 20 heteroatoms. The van der Waals surface area contributed by atoms with Crippen LogP contribution in [-0.2, 0) is 21.7 Å². The third kappa shape index (κ3) is 13.0. The molecular formula is C70H67ClF4N10O5. The number of rotatable bonds is 4. The molecule has 12 aromatic rings. The molecule has 0 amide bonds. The van der Waals surface area contributed by atoms with E-state index in [0.29, 0.717) is 78.5 Å². The first kappa shape index (κ1) is 64.7. The molecule has 12 rings (SSSR count). The third-order valence-corrected chi connectivity index (χ3v) is 14.6. The molecule has 0 aliphatic rings. The van der Waals surface area contributed by atoms with Crippen molar-refractivity contribution in [1.29, 1.82) is 0 Å². The summed E-state index contributed by atoms with van der Waals surface area (Å²) in [6.07, 6.45) is 3.02. The molecule has 0 aliphatic heterocycles. The molecular weight excluding hydrogens is 1170 g/mol. The lowest BCUT2D eigenvalue weighted by Crippen LogP contribution is -2.32. The normalized spacial score (nSPS) is 11.9. The Balaban J connectivity index is 0.000000142. The predicted octanol–water partition coefficient (Wildman–Crippen LogP) is 14.9. The average Bonchev–Trinajstić information content (AvgIpc) is 0.882. The minimum atomic E-state index is -0.794. The van der Waals surface area contributed by atoms with Crippen LogP contribution in [0, 0.1) is 37.1 Å². The second-order valence-corrected chi connectivity index (χ2v) is 26.0. The van der Waals surface area contributed by atoms with Gasteiger partial charge in [0.2, 0.25) is 0 Å². The maximum Gasteiger partial charge on any atom is 0.270 e. The van der Waals surface area contributed by atoms with E-state index in [1.54, 1.807) is 78.4 Å². The molecule has 0 spiro atoms. The van der Waals surface area contributed by atoms with Gasteiger partial charge in [0.05, 0.1) is 43.5 Å². The topological polar surface area (TPSA) is 178 Å². The van der Waals surface area contributed by atoms with Crippen LogP contribution in [-0.4, -0.2) is 48.3 Å². The zero-order valence-electron chi connectivity index (χ0n) is 52.3. The van der Waals surface area contributed by atoms with Crippen LogP contribution >= 0.6 is 11.6 Å². The Labute approximate surface area is 521 Å². The van der Waals surface area contributed by atoms with E-state index in [0.717, 1.165) is 27.8 Å². The van der Waals surface area contributed by atoms with Crippen molar-refractivity contribution in [2.75, 3.05) is 0 Å². The summed E-state index contributed by atoms with van der Waals surface area (Å²) in [5.41, 5.74) is 0.802. The summed E-state index contributed by atoms with van der Waals surface area (Å²) in [4.78, 5) is 74.4. The summed E-state index contributed by atoms with van der Waals surface area (Å²) in [6.45, 7) is 27.1. The van der Waals surface area contributed by atoms with Crippen molar-refractivity contribution in [3.05, 3.63) is 256 Å². The van der Waals surface area contributed by atoms with Crippen molar-refractivity contribution in [2.45, 2.75) is 119 Å². The Hall–Kier alpha value is -9.75. The van der Waals surface area contributed by atoms with Crippen LogP contribution < -0.4 is 22.2 Å². The first-order valence-corrected chi connectivity index (χ1v) is 29.2. The molecule has 0 unspecified atom stereocenters. The number of para-hydroxylation sites is 1. The number of aryl methyl sites for hydroxylation is 2. The lowest BCUT2D eigenvalue weighted by Gasteiger charge is -2.24. The lowest BCUT2D eigenvalue weighted by molar-refractivity contribution is 0.412. The molecule has 0 bridgehead atoms. The van der Waals surface area contributed by atoms with E-state index in [1.165, 1.54) is 39.7 Å². The van der Waals surface area contributed by atoms with E-state index in [1.807, 2.05) is 132 Å². The minimum Gasteiger partial charge on any atom is -0.363 e. The second kappa shape index (κ2) is 25.0. The highest BCUT2D eigenvalue weighted by Crippen LogP contribution is 2.31. The number of halogens is 5. The van der Waals surface area contributed by atoms with Gasteiger partial charge in [0.1, 0.15) is 75.1 Å². The Morgan fingerprint density at radius 3 is 1.28 bits per heavy atom. The fourth-order valence-electron chi connectivity index (χ4n) is 10.1. The van der Waals surface area contributed by atoms with Gasteiger partial charge in [-0.2, -0.15) is 0 Å². The molecule has 0 atom stereocenters. The Kier molecular flexibility index (Phi) is 18.0. The predicted molar refractivity (Wildman–Crippen MR) is 346 cm³/mol. The van der Waals surface area contributed by atoms with Crippen LogP contribution in [0.3, 0.4) is 0 Å². The molecule has 0 fully saturated rings. The monoisotopic (exact) mass is 1240 g/mol. The molecule has 0 N–H and O–H groups in total. The van der Waals surface area contributed by atoms with E-state index >= 15 is 0 Å².